The Morgan fingerprint density at radius 1 is 0.816 bits per heavy atom. The van der Waals surface area contributed by atoms with Gasteiger partial charge in [0.1, 0.15) is 0 Å². The molecule has 6 nitrogen and oxygen atoms in total. The Morgan fingerprint density at radius 3 is 2.29 bits per heavy atom. The van der Waals surface area contributed by atoms with Crippen molar-refractivity contribution in [1.29, 1.82) is 0 Å². The predicted molar refractivity (Wildman–Crippen MR) is 155 cm³/mol. The van der Waals surface area contributed by atoms with Gasteiger partial charge in [0.15, 0.2) is 0 Å². The Labute approximate surface area is 228 Å². The molecule has 38 heavy (non-hydrogen) atoms. The van der Waals surface area contributed by atoms with E-state index in [1.165, 1.54) is 43.1 Å². The van der Waals surface area contributed by atoms with Gasteiger partial charge in [0, 0.05) is 50.3 Å². The number of fused-ring (bicyclic) bond motifs is 1. The lowest BCUT2D eigenvalue weighted by Crippen LogP contribution is -2.44. The van der Waals surface area contributed by atoms with Gasteiger partial charge in [-0.25, -0.2) is 0 Å². The third-order valence-electron chi connectivity index (χ3n) is 7.13. The number of H-pyrrole nitrogens is 1. The summed E-state index contributed by atoms with van der Waals surface area (Å²) in [5.74, 6) is 0.0120. The normalized spacial score (nSPS) is 11.1. The molecule has 3 rings (SSSR count). The molecule has 0 spiro atoms. The molecular weight excluding hydrogens is 474 g/mol. The Morgan fingerprint density at radius 2 is 1.53 bits per heavy atom. The van der Waals surface area contributed by atoms with Gasteiger partial charge in [0.25, 0.3) is 0 Å². The number of hydrogen-bond acceptors (Lipinski definition) is 3. The van der Waals surface area contributed by atoms with Crippen LogP contribution >= 0.6 is 0 Å². The van der Waals surface area contributed by atoms with Crippen molar-refractivity contribution < 1.29 is 14.3 Å². The lowest BCUT2D eigenvalue weighted by molar-refractivity contribution is -0.141. The molecule has 0 unspecified atom stereocenters. The average molecular weight is 520 g/mol. The zero-order chi connectivity index (χ0) is 27.0. The van der Waals surface area contributed by atoms with Crippen molar-refractivity contribution in [3.63, 3.8) is 0 Å². The van der Waals surface area contributed by atoms with Crippen LogP contribution in [0.3, 0.4) is 0 Å². The number of methoxy groups -OCH3 is 1. The highest BCUT2D eigenvalue weighted by atomic mass is 16.5. The zero-order valence-corrected chi connectivity index (χ0v) is 23.3. The lowest BCUT2D eigenvalue weighted by atomic mass is 10.1. The van der Waals surface area contributed by atoms with E-state index in [-0.39, 0.29) is 18.4 Å². The highest BCUT2D eigenvalue weighted by Gasteiger charge is 2.21. The summed E-state index contributed by atoms with van der Waals surface area (Å²) >= 11 is 0. The van der Waals surface area contributed by atoms with Crippen LogP contribution in [-0.2, 0) is 27.3 Å². The molecule has 0 aliphatic rings. The van der Waals surface area contributed by atoms with Crippen molar-refractivity contribution in [2.45, 2.75) is 71.3 Å². The van der Waals surface area contributed by atoms with E-state index in [0.717, 1.165) is 30.3 Å². The van der Waals surface area contributed by atoms with Gasteiger partial charge in [0.05, 0.1) is 13.2 Å². The summed E-state index contributed by atoms with van der Waals surface area (Å²) < 4.78 is 5.26. The number of carbonyl (C=O) groups is 2. The third-order valence-corrected chi connectivity index (χ3v) is 7.13. The van der Waals surface area contributed by atoms with Crippen molar-refractivity contribution in [1.82, 2.24) is 14.8 Å². The van der Waals surface area contributed by atoms with Crippen LogP contribution in [0.25, 0.3) is 10.9 Å². The van der Waals surface area contributed by atoms with E-state index in [0.29, 0.717) is 32.7 Å². The van der Waals surface area contributed by atoms with Crippen molar-refractivity contribution in [3.8, 4) is 0 Å². The molecular formula is C32H45N3O3. The number of rotatable bonds is 18. The number of carbonyl (C=O) groups excluding carboxylic acids is 2. The molecule has 0 fully saturated rings. The molecule has 0 bridgehead atoms. The van der Waals surface area contributed by atoms with Gasteiger partial charge < -0.3 is 19.5 Å². The molecule has 0 radical (unpaired) electrons. The van der Waals surface area contributed by atoms with Gasteiger partial charge in [-0.15, -0.1) is 0 Å². The number of unbranched alkanes of at least 4 members (excludes halogenated alkanes) is 6. The van der Waals surface area contributed by atoms with E-state index < -0.39 is 0 Å². The summed E-state index contributed by atoms with van der Waals surface area (Å²) in [5.41, 5.74) is 3.38. The first kappa shape index (κ1) is 29.4. The molecule has 2 amide bonds. The number of ether oxygens (including phenoxy) is 1. The number of nitrogens with one attached hydrogen (secondary N) is 1. The maximum atomic E-state index is 13.6. The topological polar surface area (TPSA) is 65.6 Å². The van der Waals surface area contributed by atoms with Gasteiger partial charge in [-0.3, -0.25) is 9.59 Å². The van der Waals surface area contributed by atoms with E-state index in [4.69, 9.17) is 4.74 Å². The number of hydrogen-bond donors (Lipinski definition) is 1. The van der Waals surface area contributed by atoms with E-state index in [2.05, 4.69) is 24.0 Å². The van der Waals surface area contributed by atoms with E-state index >= 15 is 0 Å². The Bertz CT molecular complexity index is 1100. The Kier molecular flexibility index (Phi) is 12.9. The van der Waals surface area contributed by atoms with E-state index in [1.807, 2.05) is 53.6 Å². The minimum Gasteiger partial charge on any atom is -0.383 e. The summed E-state index contributed by atoms with van der Waals surface area (Å²) in [4.78, 5) is 33.6. The van der Waals surface area contributed by atoms with Crippen molar-refractivity contribution in [2.24, 2.45) is 0 Å². The number of amides is 2. The van der Waals surface area contributed by atoms with Crippen LogP contribution in [-0.4, -0.2) is 59.9 Å². The molecule has 1 heterocycles. The van der Waals surface area contributed by atoms with Crippen molar-refractivity contribution in [2.75, 3.05) is 33.4 Å². The summed E-state index contributed by atoms with van der Waals surface area (Å²) in [5, 5.41) is 1.19. The number of nitrogens with zero attached hydrogens (tertiary/aromatic N) is 2. The monoisotopic (exact) mass is 519 g/mol. The van der Waals surface area contributed by atoms with Crippen LogP contribution in [0.15, 0.2) is 60.8 Å². The summed E-state index contributed by atoms with van der Waals surface area (Å²) in [6.07, 6.45) is 11.4. The first-order valence-electron chi connectivity index (χ1n) is 14.3. The second-order valence-corrected chi connectivity index (χ2v) is 10.1. The van der Waals surface area contributed by atoms with Crippen LogP contribution in [0.2, 0.25) is 0 Å². The minimum atomic E-state index is -0.0299. The molecule has 3 aromatic rings. The van der Waals surface area contributed by atoms with Gasteiger partial charge in [0.2, 0.25) is 11.8 Å². The first-order valence-corrected chi connectivity index (χ1v) is 14.3. The largest absolute Gasteiger partial charge is 0.383 e. The van der Waals surface area contributed by atoms with Crippen LogP contribution in [0.1, 0.15) is 69.4 Å². The van der Waals surface area contributed by atoms with E-state index in [1.54, 1.807) is 12.0 Å². The van der Waals surface area contributed by atoms with Gasteiger partial charge in [-0.1, -0.05) is 94.0 Å². The van der Waals surface area contributed by atoms with E-state index in [9.17, 15) is 9.59 Å². The Balaban J connectivity index is 1.62. The maximum Gasteiger partial charge on any atom is 0.242 e. The average Bonchev–Trinajstić information content (AvgIpc) is 3.36. The summed E-state index contributed by atoms with van der Waals surface area (Å²) in [6.45, 7) is 4.26. The SMILES string of the molecule is CCCCCCCCCC(=O)N(CCOC)CC(=O)N(CCc1c[nH]c2ccccc12)Cc1ccccc1. The number of para-hydroxylation sites is 1. The highest BCUT2D eigenvalue weighted by Crippen LogP contribution is 2.19. The van der Waals surface area contributed by atoms with Gasteiger partial charge in [-0.05, 0) is 30.0 Å². The first-order chi connectivity index (χ1) is 18.6. The second kappa shape index (κ2) is 16.7. The molecule has 6 heteroatoms. The summed E-state index contributed by atoms with van der Waals surface area (Å²) in [6, 6.07) is 18.3. The molecule has 1 aromatic heterocycles. The number of benzene rings is 2. The third kappa shape index (κ3) is 9.64. The minimum absolute atomic E-state index is 0.0299. The van der Waals surface area contributed by atoms with Crippen LogP contribution in [0.4, 0.5) is 0 Å². The maximum absolute atomic E-state index is 13.6. The fraction of sp³-hybridized carbons (Fsp3) is 0.500. The molecule has 0 aliphatic heterocycles. The molecule has 0 atom stereocenters. The Hall–Kier alpha value is -3.12. The van der Waals surface area contributed by atoms with Crippen LogP contribution < -0.4 is 0 Å². The van der Waals surface area contributed by atoms with Gasteiger partial charge >= 0.3 is 0 Å². The standard InChI is InChI=1S/C32H45N3O3/c1-3-4-5-6-7-8-12-19-31(36)35(22-23-38-2)26-32(37)34(25-27-15-10-9-11-16-27)21-20-28-24-33-30-18-14-13-17-29(28)30/h9-11,13-18,24,33H,3-8,12,19-23,25-26H2,1-2H3. The van der Waals surface area contributed by atoms with Crippen molar-refractivity contribution >= 4 is 22.7 Å². The van der Waals surface area contributed by atoms with Crippen LogP contribution in [0, 0.1) is 0 Å². The summed E-state index contributed by atoms with van der Waals surface area (Å²) in [7, 11) is 1.63. The van der Waals surface area contributed by atoms with Crippen molar-refractivity contribution in [3.05, 3.63) is 71.9 Å². The van der Waals surface area contributed by atoms with Gasteiger partial charge in [-0.2, -0.15) is 0 Å². The fourth-order valence-electron chi connectivity index (χ4n) is 4.84. The fourth-order valence-corrected chi connectivity index (χ4v) is 4.84. The zero-order valence-electron chi connectivity index (χ0n) is 23.3. The second-order valence-electron chi connectivity index (χ2n) is 10.1. The molecule has 0 aliphatic carbocycles. The number of aromatic nitrogens is 1. The lowest BCUT2D eigenvalue weighted by Gasteiger charge is -2.28. The predicted octanol–water partition coefficient (Wildman–Crippen LogP) is 6.35. The molecule has 206 valence electrons. The number of aromatic amines is 1. The molecule has 0 saturated carbocycles. The highest BCUT2D eigenvalue weighted by molar-refractivity contribution is 5.85. The smallest absolute Gasteiger partial charge is 0.242 e. The molecule has 0 saturated heterocycles. The molecule has 1 N–H and O–H groups in total. The quantitative estimate of drug-likeness (QED) is 0.199. The molecule has 2 aromatic carbocycles. The van der Waals surface area contributed by atoms with Crippen LogP contribution in [0.5, 0.6) is 0 Å².